The minimum absolute atomic E-state index is 0.460. The number of nitrogens with two attached hydrogens (primary N) is 1. The van der Waals surface area contributed by atoms with Gasteiger partial charge in [0.1, 0.15) is 11.6 Å². The molecular weight excluding hydrogens is 176 g/mol. The van der Waals surface area contributed by atoms with E-state index in [1.54, 1.807) is 6.07 Å². The molecule has 0 amide bonds. The van der Waals surface area contributed by atoms with Crippen molar-refractivity contribution in [2.45, 2.75) is 20.3 Å². The Balaban J connectivity index is 1.84. The molecule has 4 heteroatoms. The van der Waals surface area contributed by atoms with E-state index in [2.05, 4.69) is 29.4 Å². The highest BCUT2D eigenvalue weighted by molar-refractivity contribution is 5.38. The fourth-order valence-corrected chi connectivity index (χ4v) is 1.59. The van der Waals surface area contributed by atoms with E-state index in [1.165, 1.54) is 6.42 Å². The van der Waals surface area contributed by atoms with Crippen molar-refractivity contribution in [3.05, 3.63) is 12.1 Å². The Hall–Kier alpha value is -1.32. The first-order chi connectivity index (χ1) is 6.58. The van der Waals surface area contributed by atoms with Crippen LogP contribution in [0.25, 0.3) is 0 Å². The van der Waals surface area contributed by atoms with Gasteiger partial charge < -0.3 is 11.1 Å². The Morgan fingerprint density at radius 1 is 1.50 bits per heavy atom. The van der Waals surface area contributed by atoms with Gasteiger partial charge in [-0.05, 0) is 29.9 Å². The Bertz CT molecular complexity index is 317. The van der Waals surface area contributed by atoms with Gasteiger partial charge in [0.05, 0.1) is 0 Å². The molecule has 0 aromatic carbocycles. The number of nitrogen functional groups attached to an aromatic ring is 1. The van der Waals surface area contributed by atoms with Gasteiger partial charge in [-0.2, -0.15) is 0 Å². The molecule has 1 atom stereocenters. The van der Waals surface area contributed by atoms with E-state index in [0.29, 0.717) is 11.2 Å². The molecule has 1 aliphatic carbocycles. The Kier molecular flexibility index (Phi) is 2.06. The van der Waals surface area contributed by atoms with E-state index in [4.69, 9.17) is 5.73 Å². The quantitative estimate of drug-likeness (QED) is 0.762. The molecule has 76 valence electrons. The standard InChI is InChI=1S/C10H16N4/c1-10(2)5-7(10)6-12-9-4-3-8(11)13-14-9/h3-4,7H,5-6H2,1-2H3,(H2,11,13)(H,12,14). The van der Waals surface area contributed by atoms with Gasteiger partial charge in [0.25, 0.3) is 0 Å². The number of rotatable bonds is 3. The van der Waals surface area contributed by atoms with Crippen molar-refractivity contribution in [1.82, 2.24) is 10.2 Å². The van der Waals surface area contributed by atoms with Gasteiger partial charge in [0, 0.05) is 6.54 Å². The summed E-state index contributed by atoms with van der Waals surface area (Å²) in [6, 6.07) is 3.62. The predicted octanol–water partition coefficient (Wildman–Crippen LogP) is 1.52. The lowest BCUT2D eigenvalue weighted by atomic mass is 10.1. The molecule has 0 radical (unpaired) electrons. The van der Waals surface area contributed by atoms with Gasteiger partial charge in [-0.15, -0.1) is 10.2 Å². The molecule has 0 aliphatic heterocycles. The third kappa shape index (κ3) is 1.95. The molecule has 14 heavy (non-hydrogen) atoms. The Morgan fingerprint density at radius 2 is 2.21 bits per heavy atom. The summed E-state index contributed by atoms with van der Waals surface area (Å²) in [4.78, 5) is 0. The predicted molar refractivity (Wildman–Crippen MR) is 56.8 cm³/mol. The number of aromatic nitrogens is 2. The zero-order valence-electron chi connectivity index (χ0n) is 8.62. The molecule has 0 bridgehead atoms. The van der Waals surface area contributed by atoms with Crippen LogP contribution in [0.3, 0.4) is 0 Å². The van der Waals surface area contributed by atoms with Crippen molar-refractivity contribution in [3.63, 3.8) is 0 Å². The number of anilines is 2. The first-order valence-electron chi connectivity index (χ1n) is 4.91. The number of nitrogens with zero attached hydrogens (tertiary/aromatic N) is 2. The summed E-state index contributed by atoms with van der Waals surface area (Å²) in [5.74, 6) is 2.03. The normalized spacial score (nSPS) is 23.1. The summed E-state index contributed by atoms with van der Waals surface area (Å²) in [5, 5.41) is 11.0. The number of hydrogen-bond acceptors (Lipinski definition) is 4. The fraction of sp³-hybridized carbons (Fsp3) is 0.600. The average Bonchev–Trinajstić information content (AvgIpc) is 2.73. The zero-order valence-corrected chi connectivity index (χ0v) is 8.62. The molecule has 2 rings (SSSR count). The molecule has 1 heterocycles. The van der Waals surface area contributed by atoms with Crippen LogP contribution < -0.4 is 11.1 Å². The van der Waals surface area contributed by atoms with E-state index in [-0.39, 0.29) is 0 Å². The topological polar surface area (TPSA) is 63.8 Å². The monoisotopic (exact) mass is 192 g/mol. The van der Waals surface area contributed by atoms with Crippen molar-refractivity contribution < 1.29 is 0 Å². The van der Waals surface area contributed by atoms with E-state index >= 15 is 0 Å². The highest BCUT2D eigenvalue weighted by Gasteiger charge is 2.44. The summed E-state index contributed by atoms with van der Waals surface area (Å²) in [5.41, 5.74) is 5.94. The maximum Gasteiger partial charge on any atom is 0.148 e. The smallest absolute Gasteiger partial charge is 0.148 e. The van der Waals surface area contributed by atoms with Crippen molar-refractivity contribution in [2.75, 3.05) is 17.6 Å². The maximum atomic E-state index is 5.44. The second kappa shape index (κ2) is 3.12. The minimum atomic E-state index is 0.460. The molecule has 0 spiro atoms. The van der Waals surface area contributed by atoms with Crippen LogP contribution in [0.1, 0.15) is 20.3 Å². The van der Waals surface area contributed by atoms with Crippen LogP contribution in [0.2, 0.25) is 0 Å². The van der Waals surface area contributed by atoms with E-state index in [0.717, 1.165) is 18.3 Å². The van der Waals surface area contributed by atoms with Gasteiger partial charge >= 0.3 is 0 Å². The Labute approximate surface area is 83.9 Å². The third-order valence-electron chi connectivity index (χ3n) is 2.93. The number of nitrogens with one attached hydrogen (secondary N) is 1. The van der Waals surface area contributed by atoms with Crippen LogP contribution in [-0.2, 0) is 0 Å². The second-order valence-electron chi connectivity index (χ2n) is 4.61. The molecule has 3 N–H and O–H groups in total. The molecule has 1 unspecified atom stereocenters. The van der Waals surface area contributed by atoms with Crippen molar-refractivity contribution >= 4 is 11.6 Å². The Morgan fingerprint density at radius 3 is 2.71 bits per heavy atom. The van der Waals surface area contributed by atoms with Crippen molar-refractivity contribution in [1.29, 1.82) is 0 Å². The van der Waals surface area contributed by atoms with E-state index in [9.17, 15) is 0 Å². The van der Waals surface area contributed by atoms with Gasteiger partial charge in [-0.3, -0.25) is 0 Å². The highest BCUT2D eigenvalue weighted by Crippen LogP contribution is 2.51. The van der Waals surface area contributed by atoms with Crippen LogP contribution in [0, 0.1) is 11.3 Å². The molecule has 4 nitrogen and oxygen atoms in total. The summed E-state index contributed by atoms with van der Waals surface area (Å²) in [6.45, 7) is 5.55. The first kappa shape index (κ1) is 9.24. The highest BCUT2D eigenvalue weighted by atomic mass is 15.2. The molecule has 1 aromatic heterocycles. The van der Waals surface area contributed by atoms with Crippen LogP contribution in [0.15, 0.2) is 12.1 Å². The van der Waals surface area contributed by atoms with Gasteiger partial charge in [-0.1, -0.05) is 13.8 Å². The van der Waals surface area contributed by atoms with E-state index in [1.807, 2.05) is 6.07 Å². The lowest BCUT2D eigenvalue weighted by Gasteiger charge is -2.05. The van der Waals surface area contributed by atoms with Crippen molar-refractivity contribution in [3.8, 4) is 0 Å². The van der Waals surface area contributed by atoms with Gasteiger partial charge in [0.15, 0.2) is 0 Å². The van der Waals surface area contributed by atoms with Crippen LogP contribution in [0.4, 0.5) is 11.6 Å². The third-order valence-corrected chi connectivity index (χ3v) is 2.93. The molecule has 1 aliphatic rings. The van der Waals surface area contributed by atoms with Gasteiger partial charge in [0.2, 0.25) is 0 Å². The van der Waals surface area contributed by atoms with Crippen LogP contribution in [-0.4, -0.2) is 16.7 Å². The van der Waals surface area contributed by atoms with Gasteiger partial charge in [-0.25, -0.2) is 0 Å². The fourth-order valence-electron chi connectivity index (χ4n) is 1.59. The lowest BCUT2D eigenvalue weighted by Crippen LogP contribution is -2.09. The van der Waals surface area contributed by atoms with Crippen LogP contribution >= 0.6 is 0 Å². The number of hydrogen-bond donors (Lipinski definition) is 2. The second-order valence-corrected chi connectivity index (χ2v) is 4.61. The first-order valence-corrected chi connectivity index (χ1v) is 4.91. The summed E-state index contributed by atoms with van der Waals surface area (Å²) in [7, 11) is 0. The van der Waals surface area contributed by atoms with Crippen molar-refractivity contribution in [2.24, 2.45) is 11.3 Å². The molecule has 0 saturated heterocycles. The molecule has 1 aromatic rings. The molecular formula is C10H16N4. The van der Waals surface area contributed by atoms with E-state index < -0.39 is 0 Å². The lowest BCUT2D eigenvalue weighted by molar-refractivity contribution is 0.572. The average molecular weight is 192 g/mol. The molecule has 1 saturated carbocycles. The zero-order chi connectivity index (χ0) is 10.2. The minimum Gasteiger partial charge on any atom is -0.382 e. The maximum absolute atomic E-state index is 5.44. The van der Waals surface area contributed by atoms with Crippen LogP contribution in [0.5, 0.6) is 0 Å². The summed E-state index contributed by atoms with van der Waals surface area (Å²) < 4.78 is 0. The SMILES string of the molecule is CC1(C)CC1CNc1ccc(N)nn1. The summed E-state index contributed by atoms with van der Waals surface area (Å²) >= 11 is 0. The molecule has 1 fully saturated rings. The summed E-state index contributed by atoms with van der Waals surface area (Å²) in [6.07, 6.45) is 1.29. The largest absolute Gasteiger partial charge is 0.382 e.